The number of ether oxygens (including phenoxy) is 1. The molecule has 1 N–H and O–H groups in total. The first kappa shape index (κ1) is 20.1. The molecule has 0 saturated carbocycles. The van der Waals surface area contributed by atoms with Crippen LogP contribution in [0, 0.1) is 13.8 Å². The third kappa shape index (κ3) is 4.07. The second-order valence-corrected chi connectivity index (χ2v) is 7.84. The summed E-state index contributed by atoms with van der Waals surface area (Å²) in [6, 6.07) is 7.12. The lowest BCUT2D eigenvalue weighted by Crippen LogP contribution is -2.15. The van der Waals surface area contributed by atoms with Gasteiger partial charge >= 0.3 is 0 Å². The number of nitrogens with zero attached hydrogens (tertiary/aromatic N) is 4. The quantitative estimate of drug-likeness (QED) is 0.466. The van der Waals surface area contributed by atoms with Crippen LogP contribution in [0.4, 0.5) is 5.13 Å². The number of hydrogen-bond acceptors (Lipinski definition) is 7. The molecule has 0 aliphatic heterocycles. The largest absolute Gasteiger partial charge is 0.487 e. The lowest BCUT2D eigenvalue weighted by molar-refractivity contribution is 0.101. The summed E-state index contributed by atoms with van der Waals surface area (Å²) in [5.41, 5.74) is 3.23. The number of anilines is 1. The molecule has 3 heterocycles. The van der Waals surface area contributed by atoms with Gasteiger partial charge in [0.1, 0.15) is 18.1 Å². The maximum Gasteiger partial charge on any atom is 0.280 e. The summed E-state index contributed by atoms with van der Waals surface area (Å²) in [4.78, 5) is 17.3. The average Bonchev–Trinajstić information content (AvgIpc) is 3.40. The molecule has 0 saturated heterocycles. The molecule has 0 fully saturated rings. The molecule has 0 aliphatic carbocycles. The summed E-state index contributed by atoms with van der Waals surface area (Å²) in [7, 11) is 1.85. The third-order valence-electron chi connectivity index (χ3n) is 4.42. The second kappa shape index (κ2) is 8.29. The molecule has 154 valence electrons. The second-order valence-electron chi connectivity index (χ2n) is 6.58. The Kier molecular flexibility index (Phi) is 5.56. The van der Waals surface area contributed by atoms with Crippen LogP contribution in [0.15, 0.2) is 40.4 Å². The van der Waals surface area contributed by atoms with Gasteiger partial charge in [-0.1, -0.05) is 28.9 Å². The van der Waals surface area contributed by atoms with Crippen molar-refractivity contribution in [2.24, 2.45) is 7.05 Å². The molecular formula is C20H18ClN5O3S. The number of amides is 1. The molecule has 8 nitrogen and oxygen atoms in total. The zero-order valence-corrected chi connectivity index (χ0v) is 18.0. The summed E-state index contributed by atoms with van der Waals surface area (Å²) in [6.07, 6.45) is 1.89. The minimum atomic E-state index is -0.423. The Labute approximate surface area is 181 Å². The molecule has 0 unspecified atom stereocenters. The van der Waals surface area contributed by atoms with Crippen molar-refractivity contribution in [3.05, 3.63) is 63.6 Å². The first-order valence-electron chi connectivity index (χ1n) is 9.02. The monoisotopic (exact) mass is 443 g/mol. The SMILES string of the molecule is Cc1nn(C)cc1-c1csc(NC(=O)c2noc(C)c2COc2ccccc2Cl)n1. The molecule has 10 heteroatoms. The number of rotatable bonds is 6. The van der Waals surface area contributed by atoms with Gasteiger partial charge in [0, 0.05) is 24.2 Å². The molecule has 0 aliphatic rings. The van der Waals surface area contributed by atoms with E-state index in [0.717, 1.165) is 17.0 Å². The number of benzene rings is 1. The topological polar surface area (TPSA) is 95.1 Å². The molecule has 1 aromatic carbocycles. The Morgan fingerprint density at radius 1 is 1.33 bits per heavy atom. The highest BCUT2D eigenvalue weighted by Crippen LogP contribution is 2.28. The fourth-order valence-corrected chi connectivity index (χ4v) is 3.81. The van der Waals surface area contributed by atoms with Gasteiger partial charge in [0.15, 0.2) is 10.8 Å². The highest BCUT2D eigenvalue weighted by Gasteiger charge is 2.22. The van der Waals surface area contributed by atoms with Crippen LogP contribution in [0.5, 0.6) is 5.75 Å². The summed E-state index contributed by atoms with van der Waals surface area (Å²) in [5, 5.41) is 13.8. The number of carbonyl (C=O) groups is 1. The van der Waals surface area contributed by atoms with Crippen molar-refractivity contribution in [3.63, 3.8) is 0 Å². The van der Waals surface area contributed by atoms with E-state index >= 15 is 0 Å². The molecule has 1 amide bonds. The fraction of sp³-hybridized carbons (Fsp3) is 0.200. The van der Waals surface area contributed by atoms with Crippen molar-refractivity contribution in [2.75, 3.05) is 5.32 Å². The van der Waals surface area contributed by atoms with Gasteiger partial charge < -0.3 is 9.26 Å². The first-order valence-corrected chi connectivity index (χ1v) is 10.3. The number of aromatic nitrogens is 4. The number of hydrogen-bond donors (Lipinski definition) is 1. The summed E-state index contributed by atoms with van der Waals surface area (Å²) >= 11 is 7.45. The van der Waals surface area contributed by atoms with Crippen molar-refractivity contribution < 1.29 is 14.1 Å². The lowest BCUT2D eigenvalue weighted by atomic mass is 10.2. The molecule has 0 spiro atoms. The normalized spacial score (nSPS) is 10.9. The fourth-order valence-electron chi connectivity index (χ4n) is 2.91. The van der Waals surface area contributed by atoms with Crippen molar-refractivity contribution in [2.45, 2.75) is 20.5 Å². The van der Waals surface area contributed by atoms with E-state index in [0.29, 0.717) is 27.2 Å². The van der Waals surface area contributed by atoms with E-state index in [1.54, 1.807) is 23.7 Å². The van der Waals surface area contributed by atoms with Crippen LogP contribution in [0.2, 0.25) is 5.02 Å². The number of nitrogens with one attached hydrogen (secondary N) is 1. The third-order valence-corrected chi connectivity index (χ3v) is 5.49. The van der Waals surface area contributed by atoms with Crippen LogP contribution < -0.4 is 10.1 Å². The standard InChI is InChI=1S/C20H18ClN5O3S/c1-11-13(8-26(3)24-11)16-10-30-20(22-16)23-19(27)18-14(12(2)29-25-18)9-28-17-7-5-4-6-15(17)21/h4-8,10H,9H2,1-3H3,(H,22,23,27). The van der Waals surface area contributed by atoms with E-state index in [9.17, 15) is 4.79 Å². The Morgan fingerprint density at radius 2 is 2.13 bits per heavy atom. The predicted molar refractivity (Wildman–Crippen MR) is 114 cm³/mol. The molecule has 4 rings (SSSR count). The average molecular weight is 444 g/mol. The van der Waals surface area contributed by atoms with E-state index in [1.165, 1.54) is 11.3 Å². The number of halogens is 1. The molecule has 4 aromatic rings. The molecular weight excluding hydrogens is 426 g/mol. The van der Waals surface area contributed by atoms with Crippen LogP contribution >= 0.6 is 22.9 Å². The van der Waals surface area contributed by atoms with E-state index < -0.39 is 5.91 Å². The number of aryl methyl sites for hydroxylation is 3. The van der Waals surface area contributed by atoms with Gasteiger partial charge in [-0.15, -0.1) is 11.3 Å². The van der Waals surface area contributed by atoms with E-state index in [1.807, 2.05) is 37.7 Å². The van der Waals surface area contributed by atoms with Crippen molar-refractivity contribution in [3.8, 4) is 17.0 Å². The summed E-state index contributed by atoms with van der Waals surface area (Å²) in [5.74, 6) is 0.592. The van der Waals surface area contributed by atoms with E-state index in [-0.39, 0.29) is 12.3 Å². The molecule has 0 atom stereocenters. The lowest BCUT2D eigenvalue weighted by Gasteiger charge is -2.08. The molecule has 30 heavy (non-hydrogen) atoms. The Hall–Kier alpha value is -3.17. The van der Waals surface area contributed by atoms with Crippen LogP contribution in [-0.4, -0.2) is 25.8 Å². The molecule has 0 radical (unpaired) electrons. The number of para-hydroxylation sites is 1. The van der Waals surface area contributed by atoms with Crippen LogP contribution in [0.3, 0.4) is 0 Å². The predicted octanol–water partition coefficient (Wildman–Crippen LogP) is 4.63. The van der Waals surface area contributed by atoms with Crippen molar-refractivity contribution in [1.82, 2.24) is 19.9 Å². The van der Waals surface area contributed by atoms with Gasteiger partial charge in [0.25, 0.3) is 5.91 Å². The van der Waals surface area contributed by atoms with Crippen molar-refractivity contribution >= 4 is 34.0 Å². The van der Waals surface area contributed by atoms with Crippen LogP contribution in [0.1, 0.15) is 27.5 Å². The highest BCUT2D eigenvalue weighted by atomic mass is 35.5. The number of carbonyl (C=O) groups excluding carboxylic acids is 1. The van der Waals surface area contributed by atoms with Crippen molar-refractivity contribution in [1.29, 1.82) is 0 Å². The highest BCUT2D eigenvalue weighted by molar-refractivity contribution is 7.14. The van der Waals surface area contributed by atoms with Gasteiger partial charge in [0.05, 0.1) is 22.0 Å². The summed E-state index contributed by atoms with van der Waals surface area (Å²) < 4.78 is 12.7. The Bertz CT molecular complexity index is 1210. The van der Waals surface area contributed by atoms with Crippen LogP contribution in [0.25, 0.3) is 11.3 Å². The maximum atomic E-state index is 12.8. The minimum absolute atomic E-state index is 0.0970. The van der Waals surface area contributed by atoms with Gasteiger partial charge in [-0.2, -0.15) is 5.10 Å². The summed E-state index contributed by atoms with van der Waals surface area (Å²) in [6.45, 7) is 3.73. The minimum Gasteiger partial charge on any atom is -0.487 e. The molecule has 3 aromatic heterocycles. The smallest absolute Gasteiger partial charge is 0.280 e. The van der Waals surface area contributed by atoms with Gasteiger partial charge in [-0.3, -0.25) is 14.8 Å². The maximum absolute atomic E-state index is 12.8. The zero-order valence-electron chi connectivity index (χ0n) is 16.5. The van der Waals surface area contributed by atoms with Gasteiger partial charge in [0.2, 0.25) is 0 Å². The molecule has 0 bridgehead atoms. The van der Waals surface area contributed by atoms with E-state index in [4.69, 9.17) is 20.9 Å². The Morgan fingerprint density at radius 3 is 2.87 bits per heavy atom. The number of thiazole rings is 1. The van der Waals surface area contributed by atoms with Crippen LogP contribution in [-0.2, 0) is 13.7 Å². The van der Waals surface area contributed by atoms with Gasteiger partial charge in [-0.25, -0.2) is 4.98 Å². The Balaban J connectivity index is 1.49. The van der Waals surface area contributed by atoms with Gasteiger partial charge in [-0.05, 0) is 26.0 Å². The zero-order chi connectivity index (χ0) is 21.3. The van der Waals surface area contributed by atoms with E-state index in [2.05, 4.69) is 20.6 Å². The first-order chi connectivity index (χ1) is 14.4.